The predicted octanol–water partition coefficient (Wildman–Crippen LogP) is 2.09. The van der Waals surface area contributed by atoms with Gasteiger partial charge in [-0.2, -0.15) is 5.10 Å². The normalized spacial score (nSPS) is 15.9. The maximum Gasteiger partial charge on any atom is 0.261 e. The van der Waals surface area contributed by atoms with E-state index in [1.54, 1.807) is 30.5 Å². The number of benzene rings is 1. The van der Waals surface area contributed by atoms with E-state index in [1.807, 2.05) is 29.1 Å². The molecule has 3 aromatic rings. The van der Waals surface area contributed by atoms with Gasteiger partial charge >= 0.3 is 0 Å². The van der Waals surface area contributed by atoms with Gasteiger partial charge in [-0.1, -0.05) is 12.1 Å². The minimum atomic E-state index is -0.251. The van der Waals surface area contributed by atoms with Crippen molar-refractivity contribution in [3.63, 3.8) is 0 Å². The van der Waals surface area contributed by atoms with Crippen LogP contribution in [0.5, 0.6) is 0 Å². The lowest BCUT2D eigenvalue weighted by atomic mass is 10.1. The summed E-state index contributed by atoms with van der Waals surface area (Å²) >= 11 is 0. The number of hydrogen-bond donors (Lipinski definition) is 0. The number of fused-ring (bicyclic) bond motifs is 2. The Bertz CT molecular complexity index is 1010. The molecule has 0 bridgehead atoms. The zero-order valence-electron chi connectivity index (χ0n) is 14.6. The molecule has 0 atom stereocenters. The van der Waals surface area contributed by atoms with E-state index in [2.05, 4.69) is 15.0 Å². The molecular weight excluding hydrogens is 342 g/mol. The Hall–Kier alpha value is -3.48. The molecule has 27 heavy (non-hydrogen) atoms. The first kappa shape index (κ1) is 15.7. The van der Waals surface area contributed by atoms with Gasteiger partial charge in [0.05, 0.1) is 54.0 Å². The smallest absolute Gasteiger partial charge is 0.261 e. The van der Waals surface area contributed by atoms with Crippen LogP contribution in [0.2, 0.25) is 0 Å². The van der Waals surface area contributed by atoms with Gasteiger partial charge in [-0.05, 0) is 30.3 Å². The minimum absolute atomic E-state index is 0.194. The van der Waals surface area contributed by atoms with E-state index in [1.165, 1.54) is 4.90 Å². The Morgan fingerprint density at radius 2 is 1.74 bits per heavy atom. The van der Waals surface area contributed by atoms with Crippen molar-refractivity contribution in [1.29, 1.82) is 0 Å². The van der Waals surface area contributed by atoms with E-state index in [-0.39, 0.29) is 18.4 Å². The first-order valence-electron chi connectivity index (χ1n) is 8.86. The molecule has 2 amide bonds. The molecule has 1 aromatic carbocycles. The van der Waals surface area contributed by atoms with Gasteiger partial charge in [-0.3, -0.25) is 24.2 Å². The van der Waals surface area contributed by atoms with Gasteiger partial charge in [-0.25, -0.2) is 0 Å². The van der Waals surface area contributed by atoms with Crippen molar-refractivity contribution in [2.75, 3.05) is 11.4 Å². The van der Waals surface area contributed by atoms with Crippen molar-refractivity contribution >= 4 is 17.5 Å². The Kier molecular flexibility index (Phi) is 3.53. The number of carbonyl (C=O) groups excluding carboxylic acids is 2. The molecule has 7 nitrogen and oxygen atoms in total. The largest absolute Gasteiger partial charge is 0.363 e. The number of imide groups is 1. The van der Waals surface area contributed by atoms with Gasteiger partial charge in [0.1, 0.15) is 0 Å². The number of rotatable bonds is 3. The first-order chi connectivity index (χ1) is 13.2. The van der Waals surface area contributed by atoms with Crippen molar-refractivity contribution < 1.29 is 9.59 Å². The summed E-state index contributed by atoms with van der Waals surface area (Å²) in [5.74, 6) is -0.503. The number of hydrogen-bond acceptors (Lipinski definition) is 5. The van der Waals surface area contributed by atoms with Crippen molar-refractivity contribution in [2.24, 2.45) is 0 Å². The molecule has 2 aliphatic rings. The van der Waals surface area contributed by atoms with Crippen molar-refractivity contribution in [3.8, 4) is 0 Å². The van der Waals surface area contributed by atoms with Gasteiger partial charge in [0.25, 0.3) is 11.8 Å². The number of carbonyl (C=O) groups is 2. The van der Waals surface area contributed by atoms with Crippen LogP contribution in [0.1, 0.15) is 32.1 Å². The zero-order chi connectivity index (χ0) is 18.4. The highest BCUT2D eigenvalue weighted by atomic mass is 16.2. The summed E-state index contributed by atoms with van der Waals surface area (Å²) in [6.45, 7) is 2.51. The van der Waals surface area contributed by atoms with E-state index in [0.717, 1.165) is 36.7 Å². The van der Waals surface area contributed by atoms with Gasteiger partial charge in [0.15, 0.2) is 0 Å². The van der Waals surface area contributed by atoms with Gasteiger partial charge in [-0.15, -0.1) is 0 Å². The molecule has 0 saturated carbocycles. The van der Waals surface area contributed by atoms with Crippen molar-refractivity contribution in [2.45, 2.75) is 19.6 Å². The van der Waals surface area contributed by atoms with Crippen LogP contribution in [0.15, 0.2) is 54.9 Å². The van der Waals surface area contributed by atoms with Crippen molar-refractivity contribution in [3.05, 3.63) is 77.4 Å². The van der Waals surface area contributed by atoms with E-state index >= 15 is 0 Å². The number of pyridine rings is 1. The van der Waals surface area contributed by atoms with Crippen molar-refractivity contribution in [1.82, 2.24) is 19.7 Å². The second kappa shape index (κ2) is 6.05. The lowest BCUT2D eigenvalue weighted by Crippen LogP contribution is -2.33. The van der Waals surface area contributed by atoms with Gasteiger partial charge < -0.3 is 4.90 Å². The van der Waals surface area contributed by atoms with E-state index in [4.69, 9.17) is 0 Å². The summed E-state index contributed by atoms with van der Waals surface area (Å²) in [4.78, 5) is 32.8. The van der Waals surface area contributed by atoms with Crippen LogP contribution in [0.3, 0.4) is 0 Å². The molecule has 5 rings (SSSR count). The summed E-state index contributed by atoms with van der Waals surface area (Å²) in [5, 5.41) is 4.60. The Morgan fingerprint density at radius 1 is 0.963 bits per heavy atom. The molecule has 4 heterocycles. The van der Waals surface area contributed by atoms with Crippen LogP contribution in [-0.2, 0) is 19.6 Å². The highest BCUT2D eigenvalue weighted by Crippen LogP contribution is 2.25. The molecule has 0 saturated heterocycles. The average molecular weight is 359 g/mol. The molecule has 2 aromatic heterocycles. The highest BCUT2D eigenvalue weighted by molar-refractivity contribution is 6.21. The Morgan fingerprint density at radius 3 is 2.44 bits per heavy atom. The number of amides is 2. The summed E-state index contributed by atoms with van der Waals surface area (Å²) in [5.41, 5.74) is 3.81. The molecule has 2 aliphatic heterocycles. The van der Waals surface area contributed by atoms with Crippen LogP contribution < -0.4 is 4.90 Å². The third kappa shape index (κ3) is 2.59. The summed E-state index contributed by atoms with van der Waals surface area (Å²) < 4.78 is 1.96. The first-order valence-corrected chi connectivity index (χ1v) is 8.86. The van der Waals surface area contributed by atoms with Gasteiger partial charge in [0, 0.05) is 12.7 Å². The predicted molar refractivity (Wildman–Crippen MR) is 98.2 cm³/mol. The second-order valence-electron chi connectivity index (χ2n) is 6.72. The average Bonchev–Trinajstić information content (AvgIpc) is 3.23. The fraction of sp³-hybridized carbons (Fsp3) is 0.200. The molecule has 7 heteroatoms. The minimum Gasteiger partial charge on any atom is -0.363 e. The summed E-state index contributed by atoms with van der Waals surface area (Å²) in [6.07, 6.45) is 3.61. The lowest BCUT2D eigenvalue weighted by Gasteiger charge is -2.29. The highest BCUT2D eigenvalue weighted by Gasteiger charge is 2.35. The van der Waals surface area contributed by atoms with E-state index < -0.39 is 0 Å². The lowest BCUT2D eigenvalue weighted by molar-refractivity contribution is 0.0640. The fourth-order valence-electron chi connectivity index (χ4n) is 3.71. The fourth-order valence-corrected chi connectivity index (χ4v) is 3.71. The molecule has 0 unspecified atom stereocenters. The molecular formula is C20H17N5O2. The number of aromatic nitrogens is 3. The van der Waals surface area contributed by atoms with E-state index in [9.17, 15) is 9.59 Å². The molecule has 0 aliphatic carbocycles. The standard InChI is InChI=1S/C20H17N5O2/c26-19-17-5-1-2-6-18(17)20(27)24(19)12-14-10-16-13-23(8-9-25(16)22-14)15-4-3-7-21-11-15/h1-7,10-11H,8-9,12-13H2. The van der Waals surface area contributed by atoms with Crippen LogP contribution >= 0.6 is 0 Å². The summed E-state index contributed by atoms with van der Waals surface area (Å²) in [7, 11) is 0. The maximum absolute atomic E-state index is 12.5. The molecule has 134 valence electrons. The topological polar surface area (TPSA) is 71.3 Å². The molecule has 0 spiro atoms. The Balaban J connectivity index is 1.36. The molecule has 0 N–H and O–H groups in total. The van der Waals surface area contributed by atoms with Crippen LogP contribution in [0.25, 0.3) is 0 Å². The second-order valence-corrected chi connectivity index (χ2v) is 6.72. The molecule has 0 radical (unpaired) electrons. The number of nitrogens with zero attached hydrogens (tertiary/aromatic N) is 5. The maximum atomic E-state index is 12.5. The third-order valence-electron chi connectivity index (χ3n) is 5.06. The molecule has 0 fully saturated rings. The van der Waals surface area contributed by atoms with E-state index in [0.29, 0.717) is 11.1 Å². The zero-order valence-corrected chi connectivity index (χ0v) is 14.6. The quantitative estimate of drug-likeness (QED) is 0.670. The van der Waals surface area contributed by atoms with Crippen LogP contribution in [0, 0.1) is 0 Å². The Labute approximate surface area is 155 Å². The van der Waals surface area contributed by atoms with Gasteiger partial charge in [0.2, 0.25) is 0 Å². The SMILES string of the molecule is O=C1c2ccccc2C(=O)N1Cc1cc2n(n1)CCN(c1cccnc1)C2. The van der Waals surface area contributed by atoms with Crippen LogP contribution in [-0.4, -0.2) is 38.0 Å². The third-order valence-corrected chi connectivity index (χ3v) is 5.06. The number of anilines is 1. The monoisotopic (exact) mass is 359 g/mol. The summed E-state index contributed by atoms with van der Waals surface area (Å²) in [6, 6.07) is 12.9. The van der Waals surface area contributed by atoms with Crippen LogP contribution in [0.4, 0.5) is 5.69 Å².